The van der Waals surface area contributed by atoms with E-state index in [0.29, 0.717) is 39.4 Å². The number of nitro groups is 1. The highest BCUT2D eigenvalue weighted by molar-refractivity contribution is 6.14. The number of hydrogen-bond acceptors (Lipinski definition) is 5. The van der Waals surface area contributed by atoms with E-state index in [2.05, 4.69) is 25.5 Å². The fourth-order valence-electron chi connectivity index (χ4n) is 3.50. The molecule has 0 fully saturated rings. The van der Waals surface area contributed by atoms with Crippen molar-refractivity contribution in [2.45, 2.75) is 0 Å². The Hall–Kier alpha value is -4.79. The van der Waals surface area contributed by atoms with Crippen LogP contribution in [0.5, 0.6) is 0 Å². The number of amides is 1. The van der Waals surface area contributed by atoms with Gasteiger partial charge in [0.05, 0.1) is 16.2 Å². The number of non-ortho nitro benzene ring substituents is 1. The van der Waals surface area contributed by atoms with Gasteiger partial charge in [0, 0.05) is 40.4 Å². The van der Waals surface area contributed by atoms with Gasteiger partial charge in [-0.2, -0.15) is 5.10 Å². The molecule has 1 amide bonds. The van der Waals surface area contributed by atoms with Gasteiger partial charge < -0.3 is 10.3 Å². The molecule has 3 aromatic carbocycles. The molecule has 0 aliphatic carbocycles. The SMILES string of the molecule is O=C(Nc1ccccc1-c1nc(-c2ccccc2)n[nH]1)c1c[nH]c2ccc([N+](=O)[O-])cc12. The maximum atomic E-state index is 13.0. The van der Waals surface area contributed by atoms with Crippen molar-refractivity contribution in [2.24, 2.45) is 0 Å². The van der Waals surface area contributed by atoms with Crippen LogP contribution in [0, 0.1) is 10.1 Å². The number of aromatic nitrogens is 4. The largest absolute Gasteiger partial charge is 0.360 e. The number of H-pyrrole nitrogens is 2. The van der Waals surface area contributed by atoms with Crippen molar-refractivity contribution in [2.75, 3.05) is 5.32 Å². The number of anilines is 1. The zero-order chi connectivity index (χ0) is 22.1. The fraction of sp³-hybridized carbons (Fsp3) is 0. The second-order valence-electron chi connectivity index (χ2n) is 7.06. The van der Waals surface area contributed by atoms with Crippen molar-refractivity contribution >= 4 is 28.2 Å². The molecule has 2 aromatic heterocycles. The highest BCUT2D eigenvalue weighted by Gasteiger charge is 2.18. The van der Waals surface area contributed by atoms with Gasteiger partial charge in [0.15, 0.2) is 11.6 Å². The van der Waals surface area contributed by atoms with E-state index in [4.69, 9.17) is 0 Å². The standard InChI is InChI=1S/C23H16N6O3/c30-23(18-13-24-19-11-10-15(29(31)32)12-17(18)19)25-20-9-5-4-8-16(20)22-26-21(27-28-22)14-6-2-1-3-7-14/h1-13,24H,(H,25,30)(H,26,27,28). The Labute approximate surface area is 181 Å². The predicted molar refractivity (Wildman–Crippen MR) is 120 cm³/mol. The lowest BCUT2D eigenvalue weighted by Crippen LogP contribution is -2.12. The van der Waals surface area contributed by atoms with Crippen LogP contribution >= 0.6 is 0 Å². The predicted octanol–water partition coefficient (Wildman–Crippen LogP) is 4.78. The van der Waals surface area contributed by atoms with Crippen LogP contribution in [0.2, 0.25) is 0 Å². The first kappa shape index (κ1) is 19.2. The first-order chi connectivity index (χ1) is 15.6. The number of carbonyl (C=O) groups excluding carboxylic acids is 1. The number of carbonyl (C=O) groups is 1. The van der Waals surface area contributed by atoms with Crippen molar-refractivity contribution < 1.29 is 9.72 Å². The summed E-state index contributed by atoms with van der Waals surface area (Å²) in [5, 5.41) is 21.7. The molecule has 0 aliphatic rings. The number of hydrogen-bond donors (Lipinski definition) is 3. The lowest BCUT2D eigenvalue weighted by Gasteiger charge is -2.09. The van der Waals surface area contributed by atoms with Gasteiger partial charge in [0.25, 0.3) is 11.6 Å². The summed E-state index contributed by atoms with van der Waals surface area (Å²) in [6.07, 6.45) is 1.54. The minimum absolute atomic E-state index is 0.0818. The molecule has 0 unspecified atom stereocenters. The fourth-order valence-corrected chi connectivity index (χ4v) is 3.50. The van der Waals surface area contributed by atoms with Crippen molar-refractivity contribution in [1.82, 2.24) is 20.2 Å². The van der Waals surface area contributed by atoms with Gasteiger partial charge >= 0.3 is 0 Å². The molecule has 5 aromatic rings. The van der Waals surface area contributed by atoms with E-state index in [1.54, 1.807) is 18.2 Å². The van der Waals surface area contributed by atoms with E-state index in [0.717, 1.165) is 5.56 Å². The molecule has 0 bridgehead atoms. The van der Waals surface area contributed by atoms with Crippen molar-refractivity contribution in [3.63, 3.8) is 0 Å². The smallest absolute Gasteiger partial charge is 0.270 e. The normalized spacial score (nSPS) is 10.9. The van der Waals surface area contributed by atoms with E-state index in [9.17, 15) is 14.9 Å². The zero-order valence-electron chi connectivity index (χ0n) is 16.6. The van der Waals surface area contributed by atoms with Crippen LogP contribution in [0.15, 0.2) is 79.0 Å². The maximum Gasteiger partial charge on any atom is 0.270 e. The molecule has 156 valence electrons. The number of nitro benzene ring substituents is 1. The number of nitrogens with zero attached hydrogens (tertiary/aromatic N) is 3. The Bertz CT molecular complexity index is 1460. The monoisotopic (exact) mass is 424 g/mol. The minimum Gasteiger partial charge on any atom is -0.360 e. The number of rotatable bonds is 5. The topological polar surface area (TPSA) is 130 Å². The molecule has 0 radical (unpaired) electrons. The third-order valence-corrected chi connectivity index (χ3v) is 5.07. The summed E-state index contributed by atoms with van der Waals surface area (Å²) in [4.78, 5) is 31.2. The number of para-hydroxylation sites is 1. The minimum atomic E-state index is -0.488. The van der Waals surface area contributed by atoms with Gasteiger partial charge in [0.1, 0.15) is 0 Å². The van der Waals surface area contributed by atoms with E-state index >= 15 is 0 Å². The van der Waals surface area contributed by atoms with Crippen molar-refractivity contribution in [3.8, 4) is 22.8 Å². The molecular formula is C23H16N6O3. The molecule has 0 aliphatic heterocycles. The molecule has 5 rings (SSSR count). The van der Waals surface area contributed by atoms with Crippen LogP contribution in [0.3, 0.4) is 0 Å². The first-order valence-corrected chi connectivity index (χ1v) is 9.74. The van der Waals surface area contributed by atoms with Crippen LogP contribution in [0.4, 0.5) is 11.4 Å². The summed E-state index contributed by atoms with van der Waals surface area (Å²) in [5.74, 6) is 0.659. The van der Waals surface area contributed by atoms with Crippen molar-refractivity contribution in [3.05, 3.63) is 94.7 Å². The quantitative estimate of drug-likeness (QED) is 0.276. The van der Waals surface area contributed by atoms with Gasteiger partial charge in [-0.1, -0.05) is 42.5 Å². The Balaban J connectivity index is 1.47. The molecule has 3 N–H and O–H groups in total. The van der Waals surface area contributed by atoms with E-state index in [1.165, 1.54) is 18.3 Å². The van der Waals surface area contributed by atoms with Gasteiger partial charge in [0.2, 0.25) is 0 Å². The van der Waals surface area contributed by atoms with Gasteiger partial charge in [-0.3, -0.25) is 20.0 Å². The van der Waals surface area contributed by atoms with Gasteiger partial charge in [-0.15, -0.1) is 0 Å². The second-order valence-corrected chi connectivity index (χ2v) is 7.06. The lowest BCUT2D eigenvalue weighted by atomic mass is 10.1. The van der Waals surface area contributed by atoms with Crippen LogP contribution in [-0.2, 0) is 0 Å². The molecule has 32 heavy (non-hydrogen) atoms. The van der Waals surface area contributed by atoms with Crippen LogP contribution in [0.25, 0.3) is 33.7 Å². The summed E-state index contributed by atoms with van der Waals surface area (Å²) in [6.45, 7) is 0. The highest BCUT2D eigenvalue weighted by atomic mass is 16.6. The van der Waals surface area contributed by atoms with Crippen LogP contribution in [0.1, 0.15) is 10.4 Å². The average Bonchev–Trinajstić information content (AvgIpc) is 3.47. The summed E-state index contributed by atoms with van der Waals surface area (Å²) in [5.41, 5.74) is 2.94. The average molecular weight is 424 g/mol. The molecule has 0 saturated heterocycles. The molecule has 0 saturated carbocycles. The Morgan fingerprint density at radius 2 is 1.78 bits per heavy atom. The van der Waals surface area contributed by atoms with E-state index in [-0.39, 0.29) is 5.69 Å². The summed E-state index contributed by atoms with van der Waals surface area (Å²) in [6, 6.07) is 21.1. The Kier molecular flexibility index (Phi) is 4.68. The lowest BCUT2D eigenvalue weighted by molar-refractivity contribution is -0.384. The maximum absolute atomic E-state index is 13.0. The summed E-state index contributed by atoms with van der Waals surface area (Å²) in [7, 11) is 0. The number of fused-ring (bicyclic) bond motifs is 1. The molecule has 9 nitrogen and oxygen atoms in total. The molecule has 0 atom stereocenters. The Morgan fingerprint density at radius 3 is 2.59 bits per heavy atom. The van der Waals surface area contributed by atoms with Crippen LogP contribution < -0.4 is 5.32 Å². The van der Waals surface area contributed by atoms with Gasteiger partial charge in [-0.25, -0.2) is 4.98 Å². The summed E-state index contributed by atoms with van der Waals surface area (Å²) < 4.78 is 0. The van der Waals surface area contributed by atoms with Gasteiger partial charge in [-0.05, 0) is 18.2 Å². The Morgan fingerprint density at radius 1 is 1.00 bits per heavy atom. The van der Waals surface area contributed by atoms with Crippen molar-refractivity contribution in [1.29, 1.82) is 0 Å². The first-order valence-electron chi connectivity index (χ1n) is 9.74. The number of nitrogens with one attached hydrogen (secondary N) is 3. The van der Waals surface area contributed by atoms with Crippen LogP contribution in [-0.4, -0.2) is 31.0 Å². The number of aromatic amines is 2. The van der Waals surface area contributed by atoms with E-state index in [1.807, 2.05) is 42.5 Å². The third kappa shape index (κ3) is 3.47. The molecular weight excluding hydrogens is 408 g/mol. The highest BCUT2D eigenvalue weighted by Crippen LogP contribution is 2.29. The molecule has 2 heterocycles. The molecule has 9 heteroatoms. The molecule has 0 spiro atoms. The third-order valence-electron chi connectivity index (χ3n) is 5.07. The van der Waals surface area contributed by atoms with E-state index < -0.39 is 10.8 Å². The summed E-state index contributed by atoms with van der Waals surface area (Å²) >= 11 is 0. The second kappa shape index (κ2) is 7.80. The number of benzene rings is 3. The zero-order valence-corrected chi connectivity index (χ0v) is 16.6.